The number of allylic oxidation sites excluding steroid dienone is 2. The number of carbonyl (C=O) groups excluding carboxylic acids is 3. The zero-order valence-corrected chi connectivity index (χ0v) is 38.9. The van der Waals surface area contributed by atoms with E-state index < -0.39 is 17.9 Å². The number of carbonyl (C=O) groups is 3. The van der Waals surface area contributed by atoms with Gasteiger partial charge in [-0.15, -0.1) is 33.1 Å². The Morgan fingerprint density at radius 1 is 0.951 bits per heavy atom. The molecule has 10 nitrogen and oxygen atoms in total. The van der Waals surface area contributed by atoms with E-state index in [0.717, 1.165) is 47.4 Å². The first-order valence-electron chi connectivity index (χ1n) is 21.9. The molecule has 8 bridgehead atoms. The zero-order valence-electron chi connectivity index (χ0n) is 37.5. The number of ketones is 1. The Morgan fingerprint density at radius 2 is 1.69 bits per heavy atom. The smallest absolute Gasteiger partial charge is 0.681 e. The molecular formula is C50H62MgN4O6-2. The molecule has 1 unspecified atom stereocenters. The van der Waals surface area contributed by atoms with Crippen LogP contribution in [-0.4, -0.2) is 65.6 Å². The summed E-state index contributed by atoms with van der Waals surface area (Å²) in [4.78, 5) is 56.3. The number of hydrogen-bond donors (Lipinski definition) is 1. The van der Waals surface area contributed by atoms with Gasteiger partial charge < -0.3 is 34.8 Å². The standard InChI is InChI=1S/C50H62N4O6.Mg/c1-10-13-14-15-17-28(4)18-16-19-29(5)22-23-60-43(56)21-20-35-31(7)38-24-37-30(6)33(11-2)40(51-37)26-42-36(27-55)34(12-3)41(52-42)25-39-32(8)44-48(54-39)45(47(35)53-38)46(49(44)57)50(58)59-9;/h11,22,24-28,31,35,46-47H,2,10,12-21,23H2,1,3-9H3,(H,55,57);/q-4;+2/b29-22+,38-24-,42-26-;/t28-,31+,35+,46-,47?;/m1./s1. The van der Waals surface area contributed by atoms with Crippen molar-refractivity contribution in [2.45, 2.75) is 125 Å². The number of Topliss-reactive ketones (excluding diaryl/α,β-unsaturated/α-hetero) is 1. The monoisotopic (exact) mass is 838 g/mol. The number of hydrogen-bond acceptors (Lipinski definition) is 6. The molecule has 2 aliphatic heterocycles. The zero-order chi connectivity index (χ0) is 43.2. The van der Waals surface area contributed by atoms with Crippen molar-refractivity contribution >= 4 is 76.9 Å². The van der Waals surface area contributed by atoms with E-state index in [0.29, 0.717) is 67.9 Å². The molecule has 1 saturated heterocycles. The number of aromatic nitrogens is 3. The minimum Gasteiger partial charge on any atom is -0.681 e. The van der Waals surface area contributed by atoms with Crippen molar-refractivity contribution in [3.63, 3.8) is 0 Å². The number of aliphatic hydroxyl groups is 1. The van der Waals surface area contributed by atoms with E-state index in [1.165, 1.54) is 51.2 Å². The number of aliphatic hydroxyl groups excluding tert-OH is 1. The van der Waals surface area contributed by atoms with E-state index in [1.54, 1.807) is 6.08 Å². The second-order valence-corrected chi connectivity index (χ2v) is 17.0. The van der Waals surface area contributed by atoms with Gasteiger partial charge in [-0.1, -0.05) is 131 Å². The predicted octanol–water partition coefficient (Wildman–Crippen LogP) is 6.50. The van der Waals surface area contributed by atoms with Crippen LogP contribution in [0.1, 0.15) is 149 Å². The SMILES string of the molecule is C=Cc1c2[n-]c(c1C)/C=C1\[N-]C(C3=c4[n-]/c(c(C)c4C(=O)[C@@H]3C(=O)OC)=C\c3[n-]c(/c(=C\O)c3CC)=C\2)[C@@H](CCC(=O)OC/C=C(\C)CCC[C@H](C)CCCCCC)[C@@H]1C.[Mg+2]. The summed E-state index contributed by atoms with van der Waals surface area (Å²) in [6.45, 7) is 18.9. The van der Waals surface area contributed by atoms with E-state index in [4.69, 9.17) is 29.7 Å². The molecule has 1 N–H and O–H groups in total. The fraction of sp³-hybridized carbons (Fsp3) is 0.500. The Bertz CT molecular complexity index is 2440. The third-order valence-corrected chi connectivity index (χ3v) is 13.0. The van der Waals surface area contributed by atoms with Crippen LogP contribution in [0.5, 0.6) is 0 Å². The quantitative estimate of drug-likeness (QED) is 0.0530. The van der Waals surface area contributed by atoms with Crippen molar-refractivity contribution in [1.29, 1.82) is 0 Å². The van der Waals surface area contributed by atoms with Crippen LogP contribution < -0.4 is 36.2 Å². The molecule has 1 fully saturated rings. The number of esters is 2. The van der Waals surface area contributed by atoms with E-state index in [9.17, 15) is 19.5 Å². The molecule has 3 aromatic heterocycles. The van der Waals surface area contributed by atoms with Crippen LogP contribution in [0.4, 0.5) is 0 Å². The van der Waals surface area contributed by atoms with Gasteiger partial charge in [-0.2, -0.15) is 5.70 Å². The van der Waals surface area contributed by atoms with Crippen LogP contribution in [0, 0.1) is 37.5 Å². The average molecular weight is 839 g/mol. The number of ether oxygens (including phenoxy) is 2. The van der Waals surface area contributed by atoms with Crippen molar-refractivity contribution in [3.8, 4) is 0 Å². The maximum absolute atomic E-state index is 14.3. The van der Waals surface area contributed by atoms with Crippen molar-refractivity contribution < 1.29 is 29.0 Å². The van der Waals surface area contributed by atoms with Gasteiger partial charge in [0.1, 0.15) is 12.5 Å². The normalized spacial score (nSPS) is 22.0. The molecule has 1 aliphatic carbocycles. The van der Waals surface area contributed by atoms with Crippen LogP contribution in [0.25, 0.3) is 41.5 Å². The van der Waals surface area contributed by atoms with Crippen LogP contribution >= 0.6 is 0 Å². The molecule has 0 saturated carbocycles. The van der Waals surface area contributed by atoms with Crippen LogP contribution in [0.3, 0.4) is 0 Å². The second kappa shape index (κ2) is 21.1. The average Bonchev–Trinajstić information content (AvgIpc) is 3.98. The molecule has 0 radical (unpaired) electrons. The molecule has 322 valence electrons. The van der Waals surface area contributed by atoms with Gasteiger partial charge in [0.25, 0.3) is 0 Å². The summed E-state index contributed by atoms with van der Waals surface area (Å²) in [5, 5.41) is 17.8. The molecule has 5 heterocycles. The molecule has 0 aromatic carbocycles. The maximum atomic E-state index is 14.3. The number of methoxy groups -OCH3 is 1. The van der Waals surface area contributed by atoms with Gasteiger partial charge in [-0.3, -0.25) is 14.4 Å². The van der Waals surface area contributed by atoms with Crippen molar-refractivity contribution in [3.05, 3.63) is 95.4 Å². The summed E-state index contributed by atoms with van der Waals surface area (Å²) in [5.74, 6) is -2.30. The number of rotatable bonds is 17. The van der Waals surface area contributed by atoms with Crippen LogP contribution in [0.15, 0.2) is 23.9 Å². The van der Waals surface area contributed by atoms with E-state index in [-0.39, 0.29) is 59.7 Å². The molecule has 6 rings (SSSR count). The summed E-state index contributed by atoms with van der Waals surface area (Å²) in [5.41, 5.74) is 7.98. The van der Waals surface area contributed by atoms with Gasteiger partial charge in [0.2, 0.25) is 0 Å². The summed E-state index contributed by atoms with van der Waals surface area (Å²) in [6, 6.07) is -0.648. The number of unbranched alkanes of at least 4 members (excludes halogenated alkanes) is 3. The predicted molar refractivity (Wildman–Crippen MR) is 243 cm³/mol. The van der Waals surface area contributed by atoms with Gasteiger partial charge in [-0.05, 0) is 81.1 Å². The van der Waals surface area contributed by atoms with Gasteiger partial charge in [0.05, 0.1) is 13.4 Å². The Balaban J connectivity index is 0.00000704. The molecule has 0 spiro atoms. The van der Waals surface area contributed by atoms with Gasteiger partial charge in [-0.25, -0.2) is 0 Å². The minimum absolute atomic E-state index is 0. The molecule has 0 amide bonds. The molecule has 61 heavy (non-hydrogen) atoms. The largest absolute Gasteiger partial charge is 2.00 e. The van der Waals surface area contributed by atoms with E-state index in [1.807, 2.05) is 45.1 Å². The Hall–Kier alpha value is -4.48. The van der Waals surface area contributed by atoms with Crippen molar-refractivity contribution in [1.82, 2.24) is 15.0 Å². The molecule has 3 aromatic rings. The fourth-order valence-electron chi connectivity index (χ4n) is 9.38. The van der Waals surface area contributed by atoms with Crippen LogP contribution in [-0.2, 0) is 25.5 Å². The topological polar surface area (TPSA) is 146 Å². The molecule has 3 aliphatic rings. The second-order valence-electron chi connectivity index (χ2n) is 17.0. The summed E-state index contributed by atoms with van der Waals surface area (Å²) in [6.07, 6.45) is 21.4. The summed E-state index contributed by atoms with van der Waals surface area (Å²) in [7, 11) is 1.28. The summed E-state index contributed by atoms with van der Waals surface area (Å²) < 4.78 is 11.0. The Morgan fingerprint density at radius 3 is 2.38 bits per heavy atom. The van der Waals surface area contributed by atoms with Crippen LogP contribution in [0.2, 0.25) is 0 Å². The Labute approximate surface area is 377 Å². The molecule has 11 heteroatoms. The number of fused-ring (bicyclic) bond motifs is 8. The van der Waals surface area contributed by atoms with E-state index in [2.05, 4.69) is 34.3 Å². The fourth-order valence-corrected chi connectivity index (χ4v) is 9.38. The first-order valence-corrected chi connectivity index (χ1v) is 21.9. The maximum Gasteiger partial charge on any atom is 2.00 e. The summed E-state index contributed by atoms with van der Waals surface area (Å²) >= 11 is 0. The third-order valence-electron chi connectivity index (χ3n) is 13.0. The van der Waals surface area contributed by atoms with Gasteiger partial charge in [0, 0.05) is 12.0 Å². The van der Waals surface area contributed by atoms with E-state index >= 15 is 0 Å². The molecule has 5 atom stereocenters. The van der Waals surface area contributed by atoms with Gasteiger partial charge in [0.15, 0.2) is 5.78 Å². The first-order chi connectivity index (χ1) is 28.9. The molecular weight excluding hydrogens is 777 g/mol. The third kappa shape index (κ3) is 9.93. The van der Waals surface area contributed by atoms with Crippen molar-refractivity contribution in [2.75, 3.05) is 13.7 Å². The Kier molecular flexibility index (Phi) is 16.4. The van der Waals surface area contributed by atoms with Gasteiger partial charge >= 0.3 is 35.0 Å². The minimum atomic E-state index is -1.22. The van der Waals surface area contributed by atoms with Crippen molar-refractivity contribution in [2.24, 2.45) is 23.7 Å². The first kappa shape index (κ1) is 47.6. The number of nitrogens with zero attached hydrogens (tertiary/aromatic N) is 4.